The molecule has 0 aliphatic carbocycles. The first-order chi connectivity index (χ1) is 7.34. The molecule has 0 unspecified atom stereocenters. The highest BCUT2D eigenvalue weighted by atomic mass is 79.9. The fourth-order valence-electron chi connectivity index (χ4n) is 1.54. The Kier molecular flexibility index (Phi) is 1.92. The van der Waals surface area contributed by atoms with Crippen molar-refractivity contribution in [3.05, 3.63) is 29.0 Å². The first-order valence-corrected chi connectivity index (χ1v) is 5.22. The third-order valence-electron chi connectivity index (χ3n) is 2.27. The number of aromatic nitrogens is 2. The summed E-state index contributed by atoms with van der Waals surface area (Å²) in [6, 6.07) is 3.85. The van der Waals surface area contributed by atoms with Gasteiger partial charge in [-0.05, 0) is 12.1 Å². The van der Waals surface area contributed by atoms with E-state index in [0.717, 1.165) is 27.1 Å². The van der Waals surface area contributed by atoms with Crippen molar-refractivity contribution in [2.75, 3.05) is 6.79 Å². The summed E-state index contributed by atoms with van der Waals surface area (Å²) in [6.45, 7) is 0.288. The van der Waals surface area contributed by atoms with Crippen LogP contribution >= 0.6 is 15.9 Å². The van der Waals surface area contributed by atoms with E-state index in [0.29, 0.717) is 0 Å². The number of nitrogens with zero attached hydrogens (tertiary/aromatic N) is 1. The number of aromatic amines is 1. The molecule has 0 bridgehead atoms. The highest BCUT2D eigenvalue weighted by molar-refractivity contribution is 9.10. The van der Waals surface area contributed by atoms with Gasteiger partial charge in [0.15, 0.2) is 11.5 Å². The Morgan fingerprint density at radius 2 is 2.07 bits per heavy atom. The number of benzene rings is 1. The van der Waals surface area contributed by atoms with E-state index in [-0.39, 0.29) is 6.79 Å². The molecule has 1 aliphatic rings. The molecule has 1 aliphatic heterocycles. The number of hydrogen-bond donors (Lipinski definition) is 1. The van der Waals surface area contributed by atoms with E-state index in [1.54, 1.807) is 6.20 Å². The van der Waals surface area contributed by atoms with Crippen LogP contribution in [0.1, 0.15) is 0 Å². The molecule has 0 saturated heterocycles. The summed E-state index contributed by atoms with van der Waals surface area (Å²) < 4.78 is 11.6. The maximum Gasteiger partial charge on any atom is 0.231 e. The largest absolute Gasteiger partial charge is 0.454 e. The molecule has 2 heterocycles. The van der Waals surface area contributed by atoms with Crippen molar-refractivity contribution in [3.8, 4) is 22.6 Å². The summed E-state index contributed by atoms with van der Waals surface area (Å²) in [5, 5.41) is 6.70. The molecule has 4 nitrogen and oxygen atoms in total. The van der Waals surface area contributed by atoms with Crippen molar-refractivity contribution in [1.29, 1.82) is 0 Å². The summed E-state index contributed by atoms with van der Waals surface area (Å²) in [5.74, 6) is 1.54. The predicted octanol–water partition coefficient (Wildman–Crippen LogP) is 2.57. The molecule has 3 rings (SSSR count). The SMILES string of the molecule is Brc1cc2c(cc1-c1cn[nH]c1)OCO2. The summed E-state index contributed by atoms with van der Waals surface area (Å²) in [7, 11) is 0. The van der Waals surface area contributed by atoms with Gasteiger partial charge in [0.1, 0.15) is 0 Å². The molecular weight excluding hydrogens is 260 g/mol. The van der Waals surface area contributed by atoms with Crippen LogP contribution in [-0.2, 0) is 0 Å². The average Bonchev–Trinajstić information content (AvgIpc) is 2.85. The zero-order chi connectivity index (χ0) is 10.3. The standard InChI is InChI=1S/C10H7BrN2O2/c11-8-2-10-9(14-5-15-10)1-7(8)6-3-12-13-4-6/h1-4H,5H2,(H,12,13). The fourth-order valence-corrected chi connectivity index (χ4v) is 2.09. The van der Waals surface area contributed by atoms with E-state index in [1.807, 2.05) is 18.3 Å². The predicted molar refractivity (Wildman–Crippen MR) is 57.8 cm³/mol. The molecule has 5 heteroatoms. The molecule has 0 saturated carbocycles. The van der Waals surface area contributed by atoms with Gasteiger partial charge in [0, 0.05) is 21.8 Å². The van der Waals surface area contributed by atoms with Gasteiger partial charge in [0.25, 0.3) is 0 Å². The van der Waals surface area contributed by atoms with Crippen LogP contribution in [0.2, 0.25) is 0 Å². The molecule has 76 valence electrons. The highest BCUT2D eigenvalue weighted by Crippen LogP contribution is 2.40. The van der Waals surface area contributed by atoms with Gasteiger partial charge < -0.3 is 9.47 Å². The molecular formula is C10H7BrN2O2. The van der Waals surface area contributed by atoms with Crippen LogP contribution in [0.5, 0.6) is 11.5 Å². The molecule has 0 spiro atoms. The number of halogens is 1. The Labute approximate surface area is 94.3 Å². The van der Waals surface area contributed by atoms with Gasteiger partial charge in [-0.2, -0.15) is 5.10 Å². The maximum absolute atomic E-state index is 5.32. The number of ether oxygens (including phenoxy) is 2. The van der Waals surface area contributed by atoms with Crippen LogP contribution in [0, 0.1) is 0 Å². The van der Waals surface area contributed by atoms with E-state index >= 15 is 0 Å². The average molecular weight is 267 g/mol. The van der Waals surface area contributed by atoms with Gasteiger partial charge in [-0.25, -0.2) is 0 Å². The van der Waals surface area contributed by atoms with Crippen molar-refractivity contribution in [2.45, 2.75) is 0 Å². The first-order valence-electron chi connectivity index (χ1n) is 4.43. The van der Waals surface area contributed by atoms with Gasteiger partial charge in [0.2, 0.25) is 6.79 Å². The lowest BCUT2D eigenvalue weighted by Crippen LogP contribution is -1.92. The second-order valence-electron chi connectivity index (χ2n) is 3.17. The van der Waals surface area contributed by atoms with Crippen molar-refractivity contribution in [2.24, 2.45) is 0 Å². The molecule has 0 amide bonds. The molecule has 0 radical (unpaired) electrons. The van der Waals surface area contributed by atoms with E-state index < -0.39 is 0 Å². The third-order valence-corrected chi connectivity index (χ3v) is 2.93. The quantitative estimate of drug-likeness (QED) is 0.863. The summed E-state index contributed by atoms with van der Waals surface area (Å²) in [6.07, 6.45) is 3.60. The van der Waals surface area contributed by atoms with Crippen molar-refractivity contribution >= 4 is 15.9 Å². The Morgan fingerprint density at radius 3 is 2.80 bits per heavy atom. The maximum atomic E-state index is 5.32. The van der Waals surface area contributed by atoms with Crippen LogP contribution in [0.3, 0.4) is 0 Å². The molecule has 0 fully saturated rings. The fraction of sp³-hybridized carbons (Fsp3) is 0.100. The van der Waals surface area contributed by atoms with Crippen molar-refractivity contribution in [3.63, 3.8) is 0 Å². The Balaban J connectivity index is 2.17. The zero-order valence-corrected chi connectivity index (χ0v) is 9.24. The number of fused-ring (bicyclic) bond motifs is 1. The van der Waals surface area contributed by atoms with Crippen LogP contribution in [0.4, 0.5) is 0 Å². The number of H-pyrrole nitrogens is 1. The first kappa shape index (κ1) is 8.79. The van der Waals surface area contributed by atoms with E-state index in [9.17, 15) is 0 Å². The van der Waals surface area contributed by atoms with Gasteiger partial charge in [-0.1, -0.05) is 15.9 Å². The smallest absolute Gasteiger partial charge is 0.231 e. The van der Waals surface area contributed by atoms with Crippen LogP contribution in [-0.4, -0.2) is 17.0 Å². The lowest BCUT2D eigenvalue weighted by Gasteiger charge is -2.03. The summed E-state index contributed by atoms with van der Waals surface area (Å²) in [4.78, 5) is 0. The van der Waals surface area contributed by atoms with Crippen LogP contribution < -0.4 is 9.47 Å². The number of hydrogen-bond acceptors (Lipinski definition) is 3. The third kappa shape index (κ3) is 1.39. The highest BCUT2D eigenvalue weighted by Gasteiger charge is 2.17. The Bertz CT molecular complexity index is 496. The summed E-state index contributed by atoms with van der Waals surface area (Å²) in [5.41, 5.74) is 2.05. The molecule has 0 atom stereocenters. The summed E-state index contributed by atoms with van der Waals surface area (Å²) >= 11 is 3.49. The minimum absolute atomic E-state index is 0.288. The molecule has 1 N–H and O–H groups in total. The van der Waals surface area contributed by atoms with Gasteiger partial charge >= 0.3 is 0 Å². The Morgan fingerprint density at radius 1 is 1.27 bits per heavy atom. The van der Waals surface area contributed by atoms with Crippen molar-refractivity contribution in [1.82, 2.24) is 10.2 Å². The molecule has 15 heavy (non-hydrogen) atoms. The lowest BCUT2D eigenvalue weighted by molar-refractivity contribution is 0.174. The van der Waals surface area contributed by atoms with Gasteiger partial charge in [0.05, 0.1) is 6.20 Å². The monoisotopic (exact) mass is 266 g/mol. The van der Waals surface area contributed by atoms with Crippen molar-refractivity contribution < 1.29 is 9.47 Å². The second kappa shape index (κ2) is 3.27. The topological polar surface area (TPSA) is 47.1 Å². The molecule has 1 aromatic heterocycles. The number of rotatable bonds is 1. The molecule has 1 aromatic carbocycles. The minimum atomic E-state index is 0.288. The normalized spacial score (nSPS) is 13.1. The van der Waals surface area contributed by atoms with Gasteiger partial charge in [-0.15, -0.1) is 0 Å². The minimum Gasteiger partial charge on any atom is -0.454 e. The second-order valence-corrected chi connectivity index (χ2v) is 4.03. The van der Waals surface area contributed by atoms with Crippen LogP contribution in [0.15, 0.2) is 29.0 Å². The van der Waals surface area contributed by atoms with E-state index in [4.69, 9.17) is 9.47 Å². The van der Waals surface area contributed by atoms with Crippen LogP contribution in [0.25, 0.3) is 11.1 Å². The lowest BCUT2D eigenvalue weighted by atomic mass is 10.1. The van der Waals surface area contributed by atoms with Gasteiger partial charge in [-0.3, -0.25) is 5.10 Å². The Hall–Kier alpha value is -1.49. The van der Waals surface area contributed by atoms with E-state index in [1.165, 1.54) is 0 Å². The zero-order valence-electron chi connectivity index (χ0n) is 7.66. The molecule has 2 aromatic rings. The number of nitrogens with one attached hydrogen (secondary N) is 1. The van der Waals surface area contributed by atoms with E-state index in [2.05, 4.69) is 26.1 Å².